The van der Waals surface area contributed by atoms with Gasteiger partial charge in [-0.05, 0) is 57.5 Å². The summed E-state index contributed by atoms with van der Waals surface area (Å²) in [6.07, 6.45) is 1.78. The van der Waals surface area contributed by atoms with Crippen LogP contribution < -0.4 is 9.80 Å². The van der Waals surface area contributed by atoms with E-state index in [9.17, 15) is 0 Å². The lowest BCUT2D eigenvalue weighted by Crippen LogP contribution is -2.34. The second-order valence-corrected chi connectivity index (χ2v) is 7.31. The van der Waals surface area contributed by atoms with Gasteiger partial charge in [-0.3, -0.25) is 0 Å². The summed E-state index contributed by atoms with van der Waals surface area (Å²) in [5, 5.41) is 2.07. The fraction of sp³-hybridized carbons (Fsp3) is 0.273. The van der Waals surface area contributed by atoms with Gasteiger partial charge >= 0.3 is 0 Å². The van der Waals surface area contributed by atoms with Crippen LogP contribution in [0.4, 0.5) is 17.2 Å². The van der Waals surface area contributed by atoms with Crippen molar-refractivity contribution in [2.45, 2.75) is 33.7 Å². The Morgan fingerprint density at radius 1 is 1.11 bits per heavy atom. The van der Waals surface area contributed by atoms with Crippen molar-refractivity contribution in [3.63, 3.8) is 0 Å². The van der Waals surface area contributed by atoms with Gasteiger partial charge in [0.05, 0.1) is 19.4 Å². The zero-order valence-electron chi connectivity index (χ0n) is 16.9. The number of hydrogen-bond acceptors (Lipinski definition) is 5. The normalized spacial score (nSPS) is 14.9. The third kappa shape index (κ3) is 2.31. The van der Waals surface area contributed by atoms with Crippen molar-refractivity contribution in [3.05, 3.63) is 53.9 Å². The number of aromatic nitrogens is 2. The van der Waals surface area contributed by atoms with Gasteiger partial charge in [0.1, 0.15) is 0 Å². The fourth-order valence-corrected chi connectivity index (χ4v) is 3.87. The summed E-state index contributed by atoms with van der Waals surface area (Å²) in [6.45, 7) is 8.37. The van der Waals surface area contributed by atoms with Crippen LogP contribution in [-0.2, 0) is 0 Å². The molecule has 0 aliphatic carbocycles. The first kappa shape index (κ1) is 15.0. The SMILES string of the molecule is [2H]C(C)(C)N1CN(c2c(C)ccc3c2oc2nc(C)ccc23)c2cccnc21. The van der Waals surface area contributed by atoms with E-state index in [4.69, 9.17) is 5.79 Å². The van der Waals surface area contributed by atoms with Gasteiger partial charge in [-0.25, -0.2) is 9.97 Å². The van der Waals surface area contributed by atoms with Crippen molar-refractivity contribution in [1.82, 2.24) is 9.97 Å². The van der Waals surface area contributed by atoms with Crippen LogP contribution in [0.5, 0.6) is 0 Å². The smallest absolute Gasteiger partial charge is 0.227 e. The largest absolute Gasteiger partial charge is 0.435 e. The van der Waals surface area contributed by atoms with Crippen LogP contribution in [-0.4, -0.2) is 22.7 Å². The Morgan fingerprint density at radius 3 is 2.74 bits per heavy atom. The number of rotatable bonds is 2. The Hall–Kier alpha value is -3.08. The molecule has 4 aromatic rings. The summed E-state index contributed by atoms with van der Waals surface area (Å²) in [7, 11) is 0. The van der Waals surface area contributed by atoms with Gasteiger partial charge in [0.15, 0.2) is 11.4 Å². The maximum atomic E-state index is 8.57. The first-order valence-electron chi connectivity index (χ1n) is 9.64. The second kappa shape index (κ2) is 5.71. The summed E-state index contributed by atoms with van der Waals surface area (Å²) < 4.78 is 14.8. The zero-order valence-corrected chi connectivity index (χ0v) is 15.9. The van der Waals surface area contributed by atoms with Crippen molar-refractivity contribution < 1.29 is 5.79 Å². The van der Waals surface area contributed by atoms with E-state index in [1.54, 1.807) is 6.20 Å². The quantitative estimate of drug-likeness (QED) is 0.485. The van der Waals surface area contributed by atoms with Gasteiger partial charge in [-0.2, -0.15) is 0 Å². The van der Waals surface area contributed by atoms with E-state index in [2.05, 4.69) is 46.1 Å². The number of aryl methyl sites for hydroxylation is 2. The molecule has 5 nitrogen and oxygen atoms in total. The van der Waals surface area contributed by atoms with E-state index in [0.717, 1.165) is 44.8 Å². The Labute approximate surface area is 159 Å². The Kier molecular flexibility index (Phi) is 3.18. The summed E-state index contributed by atoms with van der Waals surface area (Å²) >= 11 is 0. The molecule has 1 aliphatic heterocycles. The molecule has 0 saturated carbocycles. The molecule has 0 fully saturated rings. The highest BCUT2D eigenvalue weighted by atomic mass is 16.3. The van der Waals surface area contributed by atoms with Crippen LogP contribution in [0.15, 0.2) is 47.0 Å². The van der Waals surface area contributed by atoms with Crippen molar-refractivity contribution in [2.24, 2.45) is 0 Å². The topological polar surface area (TPSA) is 45.4 Å². The molecule has 0 N–H and O–H groups in total. The van der Waals surface area contributed by atoms with E-state index in [1.807, 2.05) is 37.8 Å². The van der Waals surface area contributed by atoms with Gasteiger partial charge in [-0.1, -0.05) is 12.1 Å². The van der Waals surface area contributed by atoms with Crippen LogP contribution in [0.3, 0.4) is 0 Å². The van der Waals surface area contributed by atoms with E-state index < -0.39 is 6.02 Å². The lowest BCUT2D eigenvalue weighted by atomic mass is 10.1. The van der Waals surface area contributed by atoms with E-state index in [1.165, 1.54) is 0 Å². The number of pyridine rings is 2. The lowest BCUT2D eigenvalue weighted by molar-refractivity contribution is 0.649. The molecule has 0 spiro atoms. The molecule has 0 bridgehead atoms. The number of benzene rings is 1. The average Bonchev–Trinajstić information content (AvgIpc) is 3.19. The molecule has 4 heterocycles. The first-order chi connectivity index (χ1) is 13.3. The molecular weight excluding hydrogens is 336 g/mol. The molecule has 136 valence electrons. The van der Waals surface area contributed by atoms with E-state index >= 15 is 0 Å². The maximum Gasteiger partial charge on any atom is 0.227 e. The van der Waals surface area contributed by atoms with Crippen LogP contribution in [0, 0.1) is 13.8 Å². The second-order valence-electron chi connectivity index (χ2n) is 7.31. The molecule has 5 rings (SSSR count). The van der Waals surface area contributed by atoms with E-state index in [0.29, 0.717) is 12.4 Å². The molecule has 5 heteroatoms. The predicted octanol–water partition coefficient (Wildman–Crippen LogP) is 5.32. The fourth-order valence-electron chi connectivity index (χ4n) is 3.87. The van der Waals surface area contributed by atoms with Crippen LogP contribution in [0.25, 0.3) is 22.1 Å². The third-order valence-corrected chi connectivity index (χ3v) is 5.23. The minimum atomic E-state index is -0.786. The zero-order chi connectivity index (χ0) is 19.6. The standard InChI is InChI=1S/C22H22N4O/c1-13(2)25-12-26(18-6-5-11-23-21(18)25)19-14(3)7-9-16-17-10-8-15(4)24-22(17)27-20(16)19/h5-11,13H,12H2,1-4H3/i13D. The number of nitrogens with zero attached hydrogens (tertiary/aromatic N) is 4. The highest BCUT2D eigenvalue weighted by Crippen LogP contribution is 2.45. The van der Waals surface area contributed by atoms with Crippen molar-refractivity contribution in [3.8, 4) is 0 Å². The van der Waals surface area contributed by atoms with Crippen LogP contribution in [0.2, 0.25) is 0 Å². The number of furan rings is 1. The van der Waals surface area contributed by atoms with Gasteiger partial charge in [0.2, 0.25) is 5.71 Å². The monoisotopic (exact) mass is 359 g/mol. The van der Waals surface area contributed by atoms with Crippen LogP contribution in [0.1, 0.15) is 26.5 Å². The molecule has 27 heavy (non-hydrogen) atoms. The maximum absolute atomic E-state index is 8.57. The van der Waals surface area contributed by atoms with Crippen molar-refractivity contribution >= 4 is 39.3 Å². The molecular formula is C22H22N4O. The van der Waals surface area contributed by atoms with Gasteiger partial charge < -0.3 is 14.2 Å². The lowest BCUT2D eigenvalue weighted by Gasteiger charge is -2.25. The number of fused-ring (bicyclic) bond motifs is 4. The number of hydrogen-bond donors (Lipinski definition) is 0. The van der Waals surface area contributed by atoms with Crippen molar-refractivity contribution in [2.75, 3.05) is 16.5 Å². The summed E-state index contributed by atoms with van der Waals surface area (Å²) in [6, 6.07) is 11.5. The van der Waals surface area contributed by atoms with Gasteiger partial charge in [0, 0.05) is 28.7 Å². The minimum Gasteiger partial charge on any atom is -0.435 e. The van der Waals surface area contributed by atoms with Crippen LogP contribution >= 0.6 is 0 Å². The van der Waals surface area contributed by atoms with Gasteiger partial charge in [-0.15, -0.1) is 0 Å². The highest BCUT2D eigenvalue weighted by molar-refractivity contribution is 6.09. The molecule has 0 atom stereocenters. The molecule has 0 radical (unpaired) electrons. The molecule has 1 aliphatic rings. The molecule has 0 unspecified atom stereocenters. The molecule has 3 aromatic heterocycles. The Bertz CT molecular complexity index is 1220. The number of anilines is 3. The van der Waals surface area contributed by atoms with Gasteiger partial charge in [0.25, 0.3) is 0 Å². The first-order valence-corrected chi connectivity index (χ1v) is 9.14. The Morgan fingerprint density at radius 2 is 1.93 bits per heavy atom. The predicted molar refractivity (Wildman–Crippen MR) is 110 cm³/mol. The molecule has 0 amide bonds. The van der Waals surface area contributed by atoms with E-state index in [-0.39, 0.29) is 0 Å². The summed E-state index contributed by atoms with van der Waals surface area (Å²) in [4.78, 5) is 13.3. The third-order valence-electron chi connectivity index (χ3n) is 5.23. The molecule has 0 saturated heterocycles. The summed E-state index contributed by atoms with van der Waals surface area (Å²) in [5.41, 5.74) is 5.53. The van der Waals surface area contributed by atoms with Crippen molar-refractivity contribution in [1.29, 1.82) is 0 Å². The average molecular weight is 359 g/mol. The summed E-state index contributed by atoms with van der Waals surface area (Å²) in [5.74, 6) is 0.823. The molecule has 1 aromatic carbocycles. The highest BCUT2D eigenvalue weighted by Gasteiger charge is 2.32. The Balaban J connectivity index is 1.78. The minimum absolute atomic E-state index is 0.548.